The van der Waals surface area contributed by atoms with Gasteiger partial charge in [0.15, 0.2) is 0 Å². The molecule has 0 unspecified atom stereocenters. The van der Waals surface area contributed by atoms with Crippen LogP contribution in [0.15, 0.2) is 23.0 Å². The fourth-order valence-corrected chi connectivity index (χ4v) is 3.07. The van der Waals surface area contributed by atoms with E-state index in [1.165, 1.54) is 17.7 Å². The number of fused-ring (bicyclic) bond motifs is 1. The number of rotatable bonds is 2. The van der Waals surface area contributed by atoms with Crippen LogP contribution in [0.5, 0.6) is 0 Å². The van der Waals surface area contributed by atoms with E-state index in [1.54, 1.807) is 19.2 Å². The van der Waals surface area contributed by atoms with Crippen LogP contribution < -0.4 is 15.8 Å². The molecule has 8 heteroatoms. The molecule has 1 fully saturated rings. The molecule has 1 aliphatic heterocycles. The summed E-state index contributed by atoms with van der Waals surface area (Å²) in [6.45, 7) is 2.22. The molecule has 25 heavy (non-hydrogen) atoms. The first-order valence-corrected chi connectivity index (χ1v) is 7.99. The van der Waals surface area contributed by atoms with Gasteiger partial charge < -0.3 is 19.5 Å². The lowest BCUT2D eigenvalue weighted by Gasteiger charge is -2.26. The molecule has 0 saturated carbocycles. The van der Waals surface area contributed by atoms with E-state index >= 15 is 0 Å². The molecule has 0 radical (unpaired) electrons. The molecule has 0 bridgehead atoms. The summed E-state index contributed by atoms with van der Waals surface area (Å²) in [6, 6.07) is 6.85. The first kappa shape index (κ1) is 16.9. The number of aryl methyl sites for hydroxylation is 1. The SMILES string of the molecule is COC(=O)[C@H]1CNCCN(c2cc(=O)n(C)c3ccc(C#N)nc23)C1. The Morgan fingerprint density at radius 2 is 2.28 bits per heavy atom. The molecule has 2 aromatic heterocycles. The minimum Gasteiger partial charge on any atom is -0.469 e. The number of nitrogens with one attached hydrogen (secondary N) is 1. The topological polar surface area (TPSA) is 100 Å². The van der Waals surface area contributed by atoms with Crippen LogP contribution in [0.2, 0.25) is 0 Å². The molecule has 130 valence electrons. The molecule has 2 aromatic rings. The van der Waals surface area contributed by atoms with Crippen LogP contribution in [0.4, 0.5) is 5.69 Å². The van der Waals surface area contributed by atoms with E-state index < -0.39 is 0 Å². The quantitative estimate of drug-likeness (QED) is 0.768. The van der Waals surface area contributed by atoms with Gasteiger partial charge in [0.25, 0.3) is 5.56 Å². The predicted octanol–water partition coefficient (Wildman–Crippen LogP) is 0.00398. The number of hydrogen-bond donors (Lipinski definition) is 1. The Morgan fingerprint density at radius 1 is 1.48 bits per heavy atom. The summed E-state index contributed by atoms with van der Waals surface area (Å²) in [5.74, 6) is -0.635. The summed E-state index contributed by atoms with van der Waals surface area (Å²) < 4.78 is 6.37. The molecule has 1 atom stereocenters. The molecule has 3 heterocycles. The van der Waals surface area contributed by atoms with Crippen molar-refractivity contribution < 1.29 is 9.53 Å². The maximum absolute atomic E-state index is 12.3. The normalized spacial score (nSPS) is 17.8. The summed E-state index contributed by atoms with van der Waals surface area (Å²) in [4.78, 5) is 30.7. The Hall–Kier alpha value is -2.92. The monoisotopic (exact) mass is 341 g/mol. The minimum atomic E-state index is -0.342. The number of pyridine rings is 2. The summed E-state index contributed by atoms with van der Waals surface area (Å²) in [7, 11) is 3.04. The van der Waals surface area contributed by atoms with Gasteiger partial charge in [-0.15, -0.1) is 0 Å². The van der Waals surface area contributed by atoms with Crippen molar-refractivity contribution in [1.29, 1.82) is 5.26 Å². The number of nitriles is 1. The second-order valence-corrected chi connectivity index (χ2v) is 5.97. The van der Waals surface area contributed by atoms with Crippen molar-refractivity contribution in [2.24, 2.45) is 13.0 Å². The summed E-state index contributed by atoms with van der Waals surface area (Å²) in [5.41, 5.74) is 1.97. The van der Waals surface area contributed by atoms with Crippen molar-refractivity contribution in [1.82, 2.24) is 14.9 Å². The standard InChI is InChI=1S/C17H19N5O3/c1-21-13-4-3-12(8-18)20-16(13)14(7-15(21)23)22-6-5-19-9-11(10-22)17(24)25-2/h3-4,7,11,19H,5-6,9-10H2,1-2H3/t11-/m0/s1. The third-order valence-corrected chi connectivity index (χ3v) is 4.45. The highest BCUT2D eigenvalue weighted by Crippen LogP contribution is 2.25. The molecule has 0 spiro atoms. The van der Waals surface area contributed by atoms with Crippen molar-refractivity contribution >= 4 is 22.7 Å². The Balaban J connectivity index is 2.13. The lowest BCUT2D eigenvalue weighted by atomic mass is 10.1. The van der Waals surface area contributed by atoms with Crippen LogP contribution in [0.25, 0.3) is 11.0 Å². The molecule has 1 N–H and O–H groups in total. The van der Waals surface area contributed by atoms with E-state index in [4.69, 9.17) is 10.00 Å². The van der Waals surface area contributed by atoms with Gasteiger partial charge in [-0.05, 0) is 12.1 Å². The molecule has 1 aliphatic rings. The van der Waals surface area contributed by atoms with Crippen molar-refractivity contribution in [2.45, 2.75) is 0 Å². The van der Waals surface area contributed by atoms with Crippen LogP contribution in [0, 0.1) is 17.2 Å². The maximum atomic E-state index is 12.3. The van der Waals surface area contributed by atoms with Crippen molar-refractivity contribution in [2.75, 3.05) is 38.2 Å². The largest absolute Gasteiger partial charge is 0.469 e. The fourth-order valence-electron chi connectivity index (χ4n) is 3.07. The highest BCUT2D eigenvalue weighted by molar-refractivity contribution is 5.89. The Labute approximate surface area is 144 Å². The minimum absolute atomic E-state index is 0.166. The van der Waals surface area contributed by atoms with Gasteiger partial charge in [0.05, 0.1) is 24.2 Å². The number of anilines is 1. The number of nitrogens with zero attached hydrogens (tertiary/aromatic N) is 4. The van der Waals surface area contributed by atoms with Gasteiger partial charge in [-0.1, -0.05) is 0 Å². The summed E-state index contributed by atoms with van der Waals surface area (Å²) >= 11 is 0. The van der Waals surface area contributed by atoms with Crippen LogP contribution in [-0.4, -0.2) is 48.8 Å². The van der Waals surface area contributed by atoms with Crippen LogP contribution in [-0.2, 0) is 16.6 Å². The summed E-state index contributed by atoms with van der Waals surface area (Å²) in [5, 5.41) is 12.4. The number of hydrogen-bond acceptors (Lipinski definition) is 7. The third-order valence-electron chi connectivity index (χ3n) is 4.45. The van der Waals surface area contributed by atoms with Gasteiger partial charge in [0.2, 0.25) is 0 Å². The number of carbonyl (C=O) groups excluding carboxylic acids is 1. The second kappa shape index (κ2) is 6.91. The van der Waals surface area contributed by atoms with E-state index in [1.807, 2.05) is 11.0 Å². The van der Waals surface area contributed by atoms with Gasteiger partial charge in [-0.25, -0.2) is 4.98 Å². The molecule has 0 aromatic carbocycles. The van der Waals surface area contributed by atoms with Gasteiger partial charge in [0, 0.05) is 39.3 Å². The first-order valence-electron chi connectivity index (χ1n) is 7.99. The van der Waals surface area contributed by atoms with E-state index in [2.05, 4.69) is 10.3 Å². The molecule has 1 saturated heterocycles. The third kappa shape index (κ3) is 3.19. The Bertz CT molecular complexity index is 915. The van der Waals surface area contributed by atoms with Crippen molar-refractivity contribution in [3.05, 3.63) is 34.2 Å². The molecule has 8 nitrogen and oxygen atoms in total. The molecule has 3 rings (SSSR count). The number of ether oxygens (including phenoxy) is 1. The lowest BCUT2D eigenvalue weighted by molar-refractivity contribution is -0.144. The number of methoxy groups -OCH3 is 1. The summed E-state index contributed by atoms with van der Waals surface area (Å²) in [6.07, 6.45) is 0. The average molecular weight is 341 g/mol. The molecular formula is C17H19N5O3. The van der Waals surface area contributed by atoms with E-state index in [-0.39, 0.29) is 23.1 Å². The number of aromatic nitrogens is 2. The number of esters is 1. The van der Waals surface area contributed by atoms with Crippen molar-refractivity contribution in [3.8, 4) is 6.07 Å². The van der Waals surface area contributed by atoms with Crippen LogP contribution in [0.1, 0.15) is 5.69 Å². The van der Waals surface area contributed by atoms with Crippen LogP contribution in [0.3, 0.4) is 0 Å². The van der Waals surface area contributed by atoms with Gasteiger partial charge in [0.1, 0.15) is 17.3 Å². The van der Waals surface area contributed by atoms with Crippen molar-refractivity contribution in [3.63, 3.8) is 0 Å². The maximum Gasteiger partial charge on any atom is 0.311 e. The van der Waals surface area contributed by atoms with E-state index in [9.17, 15) is 9.59 Å². The first-order chi connectivity index (χ1) is 12.0. The molecule has 0 aliphatic carbocycles. The van der Waals surface area contributed by atoms with Gasteiger partial charge in [-0.3, -0.25) is 9.59 Å². The zero-order valence-electron chi connectivity index (χ0n) is 14.2. The Morgan fingerprint density at radius 3 is 3.00 bits per heavy atom. The van der Waals surface area contributed by atoms with Gasteiger partial charge >= 0.3 is 5.97 Å². The Kier molecular flexibility index (Phi) is 4.67. The van der Waals surface area contributed by atoms with Crippen LogP contribution >= 0.6 is 0 Å². The highest BCUT2D eigenvalue weighted by Gasteiger charge is 2.26. The highest BCUT2D eigenvalue weighted by atomic mass is 16.5. The average Bonchev–Trinajstić information content (AvgIpc) is 2.89. The molecule has 0 amide bonds. The second-order valence-electron chi connectivity index (χ2n) is 5.97. The number of carbonyl (C=O) groups is 1. The fraction of sp³-hybridized carbons (Fsp3) is 0.412. The predicted molar refractivity (Wildman–Crippen MR) is 92.3 cm³/mol. The zero-order chi connectivity index (χ0) is 18.0. The smallest absolute Gasteiger partial charge is 0.311 e. The van der Waals surface area contributed by atoms with E-state index in [0.717, 1.165) is 0 Å². The van der Waals surface area contributed by atoms with Gasteiger partial charge in [-0.2, -0.15) is 5.26 Å². The lowest BCUT2D eigenvalue weighted by Crippen LogP contribution is -2.35. The molecular weight excluding hydrogens is 322 g/mol. The van der Waals surface area contributed by atoms with E-state index in [0.29, 0.717) is 42.9 Å². The zero-order valence-corrected chi connectivity index (χ0v) is 14.2.